The van der Waals surface area contributed by atoms with Crippen molar-refractivity contribution in [2.24, 2.45) is 5.41 Å². The maximum atomic E-state index is 9.35. The van der Waals surface area contributed by atoms with Gasteiger partial charge in [-0.15, -0.1) is 0 Å². The summed E-state index contributed by atoms with van der Waals surface area (Å²) in [7, 11) is 1.90. The summed E-state index contributed by atoms with van der Waals surface area (Å²) in [5, 5.41) is 22.7. The number of aromatic nitrogens is 2. The Morgan fingerprint density at radius 1 is 1.23 bits per heavy atom. The molecule has 0 spiro atoms. The third-order valence-electron chi connectivity index (χ3n) is 3.67. The maximum absolute atomic E-state index is 9.35. The fourth-order valence-electron chi connectivity index (χ4n) is 2.34. The largest absolute Gasteiger partial charge is 0.396 e. The molecule has 6 nitrogen and oxygen atoms in total. The molecule has 6 heteroatoms. The lowest BCUT2D eigenvalue weighted by Gasteiger charge is -2.29. The minimum atomic E-state index is -0.544. The zero-order chi connectivity index (χ0) is 16.2. The van der Waals surface area contributed by atoms with Gasteiger partial charge in [0.2, 0.25) is 0 Å². The maximum Gasteiger partial charge on any atom is 0.258 e. The van der Waals surface area contributed by atoms with Crippen molar-refractivity contribution in [3.8, 4) is 11.5 Å². The van der Waals surface area contributed by atoms with Gasteiger partial charge in [0.05, 0.1) is 19.8 Å². The molecule has 0 aliphatic carbocycles. The van der Waals surface area contributed by atoms with E-state index in [1.165, 1.54) is 0 Å². The van der Waals surface area contributed by atoms with E-state index < -0.39 is 5.41 Å². The zero-order valence-electron chi connectivity index (χ0n) is 13.3. The van der Waals surface area contributed by atoms with E-state index in [9.17, 15) is 10.2 Å². The normalized spacial score (nSPS) is 12.1. The van der Waals surface area contributed by atoms with Gasteiger partial charge in [-0.05, 0) is 25.6 Å². The second kappa shape index (κ2) is 7.00. The third kappa shape index (κ3) is 3.91. The van der Waals surface area contributed by atoms with Crippen LogP contribution in [0.5, 0.6) is 0 Å². The van der Waals surface area contributed by atoms with Crippen LogP contribution in [0.25, 0.3) is 11.5 Å². The average Bonchev–Trinajstić information content (AvgIpc) is 2.95. The Morgan fingerprint density at radius 2 is 1.91 bits per heavy atom. The molecule has 0 unspecified atom stereocenters. The minimum absolute atomic E-state index is 0.0749. The van der Waals surface area contributed by atoms with E-state index >= 15 is 0 Å². The molecule has 1 aromatic heterocycles. The summed E-state index contributed by atoms with van der Waals surface area (Å²) < 4.78 is 5.33. The zero-order valence-corrected chi connectivity index (χ0v) is 13.3. The number of hydrogen-bond acceptors (Lipinski definition) is 6. The highest BCUT2D eigenvalue weighted by molar-refractivity contribution is 5.57. The number of aliphatic hydroxyl groups is 2. The third-order valence-corrected chi connectivity index (χ3v) is 3.67. The molecule has 2 rings (SSSR count). The lowest BCUT2D eigenvalue weighted by Crippen LogP contribution is -2.38. The van der Waals surface area contributed by atoms with Gasteiger partial charge in [-0.1, -0.05) is 30.3 Å². The van der Waals surface area contributed by atoms with Gasteiger partial charge in [-0.25, -0.2) is 0 Å². The van der Waals surface area contributed by atoms with Gasteiger partial charge in [-0.2, -0.15) is 4.98 Å². The number of rotatable bonds is 7. The van der Waals surface area contributed by atoms with Gasteiger partial charge in [-0.3, -0.25) is 4.90 Å². The van der Waals surface area contributed by atoms with Crippen LogP contribution < -0.4 is 0 Å². The summed E-state index contributed by atoms with van der Waals surface area (Å²) in [6.07, 6.45) is 0. The van der Waals surface area contributed by atoms with E-state index in [-0.39, 0.29) is 13.2 Å². The van der Waals surface area contributed by atoms with E-state index in [0.29, 0.717) is 24.8 Å². The molecule has 0 atom stereocenters. The van der Waals surface area contributed by atoms with Crippen LogP contribution in [0.4, 0.5) is 0 Å². The molecule has 0 fully saturated rings. The lowest BCUT2D eigenvalue weighted by molar-refractivity contribution is 0.0394. The highest BCUT2D eigenvalue weighted by Crippen LogP contribution is 2.22. The summed E-state index contributed by atoms with van der Waals surface area (Å²) in [6, 6.07) is 7.85. The molecule has 0 aliphatic rings. The smallest absolute Gasteiger partial charge is 0.258 e. The van der Waals surface area contributed by atoms with Crippen molar-refractivity contribution in [3.63, 3.8) is 0 Å². The summed E-state index contributed by atoms with van der Waals surface area (Å²) in [4.78, 5) is 6.38. The van der Waals surface area contributed by atoms with Crippen LogP contribution >= 0.6 is 0 Å². The fourth-order valence-corrected chi connectivity index (χ4v) is 2.34. The van der Waals surface area contributed by atoms with Gasteiger partial charge in [0.25, 0.3) is 5.89 Å². The first-order valence-electron chi connectivity index (χ1n) is 7.26. The Bertz CT molecular complexity index is 608. The van der Waals surface area contributed by atoms with Crippen LogP contribution in [0.1, 0.15) is 18.3 Å². The van der Waals surface area contributed by atoms with E-state index in [4.69, 9.17) is 4.52 Å². The summed E-state index contributed by atoms with van der Waals surface area (Å²) in [6.45, 7) is 4.71. The van der Waals surface area contributed by atoms with Gasteiger partial charge in [0.15, 0.2) is 5.82 Å². The standard InChI is InChI=1S/C16H23N3O3/c1-12-6-4-5-7-13(12)15-17-14(18-22-15)8-19(3)9-16(2,10-20)11-21/h4-7,20-21H,8-11H2,1-3H3. The Hall–Kier alpha value is -1.76. The molecule has 22 heavy (non-hydrogen) atoms. The van der Waals surface area contributed by atoms with E-state index in [1.807, 2.05) is 50.1 Å². The van der Waals surface area contributed by atoms with Crippen LogP contribution in [0.2, 0.25) is 0 Å². The topological polar surface area (TPSA) is 82.6 Å². The molecule has 0 saturated carbocycles. The lowest BCUT2D eigenvalue weighted by atomic mass is 9.92. The average molecular weight is 305 g/mol. The van der Waals surface area contributed by atoms with E-state index in [2.05, 4.69) is 10.1 Å². The Labute approximate surface area is 130 Å². The van der Waals surface area contributed by atoms with Crippen LogP contribution in [-0.4, -0.2) is 52.1 Å². The SMILES string of the molecule is Cc1ccccc1-c1nc(CN(C)CC(C)(CO)CO)no1. The first-order chi connectivity index (χ1) is 10.5. The van der Waals surface area contributed by atoms with E-state index in [1.54, 1.807) is 0 Å². The number of aryl methyl sites for hydroxylation is 1. The quantitative estimate of drug-likeness (QED) is 0.806. The molecule has 1 heterocycles. The minimum Gasteiger partial charge on any atom is -0.396 e. The van der Waals surface area contributed by atoms with E-state index in [0.717, 1.165) is 11.1 Å². The van der Waals surface area contributed by atoms with Crippen molar-refractivity contribution >= 4 is 0 Å². The second-order valence-electron chi connectivity index (χ2n) is 6.13. The van der Waals surface area contributed by atoms with Gasteiger partial charge in [0.1, 0.15) is 0 Å². The predicted molar refractivity (Wildman–Crippen MR) is 83.1 cm³/mol. The molecule has 120 valence electrons. The molecule has 0 aliphatic heterocycles. The molecule has 0 bridgehead atoms. The van der Waals surface area contributed by atoms with Crippen molar-refractivity contribution in [1.29, 1.82) is 0 Å². The summed E-state index contributed by atoms with van der Waals surface area (Å²) in [5.41, 5.74) is 1.47. The van der Waals surface area contributed by atoms with Crippen molar-refractivity contribution in [2.45, 2.75) is 20.4 Å². The second-order valence-corrected chi connectivity index (χ2v) is 6.13. The van der Waals surface area contributed by atoms with Crippen LogP contribution in [0.15, 0.2) is 28.8 Å². The number of hydrogen-bond donors (Lipinski definition) is 2. The number of nitrogens with zero attached hydrogens (tertiary/aromatic N) is 3. The number of aliphatic hydroxyl groups excluding tert-OH is 2. The Balaban J connectivity index is 2.05. The van der Waals surface area contributed by atoms with Crippen molar-refractivity contribution in [1.82, 2.24) is 15.0 Å². The highest BCUT2D eigenvalue weighted by atomic mass is 16.5. The monoisotopic (exact) mass is 305 g/mol. The number of benzene rings is 1. The fraction of sp³-hybridized carbons (Fsp3) is 0.500. The first-order valence-corrected chi connectivity index (χ1v) is 7.26. The first kappa shape index (κ1) is 16.6. The van der Waals surface area contributed by atoms with Gasteiger partial charge in [0, 0.05) is 17.5 Å². The Kier molecular flexibility index (Phi) is 5.28. The molecular weight excluding hydrogens is 282 g/mol. The summed E-state index contributed by atoms with van der Waals surface area (Å²) in [5.74, 6) is 1.09. The van der Waals surface area contributed by atoms with Crippen LogP contribution in [0, 0.1) is 12.3 Å². The van der Waals surface area contributed by atoms with Crippen molar-refractivity contribution < 1.29 is 14.7 Å². The molecule has 0 radical (unpaired) electrons. The Morgan fingerprint density at radius 3 is 2.55 bits per heavy atom. The van der Waals surface area contributed by atoms with Crippen molar-refractivity contribution in [2.75, 3.05) is 26.8 Å². The molecule has 2 N–H and O–H groups in total. The van der Waals surface area contributed by atoms with Gasteiger partial charge < -0.3 is 14.7 Å². The van der Waals surface area contributed by atoms with Crippen LogP contribution in [-0.2, 0) is 6.54 Å². The molecule has 1 aromatic carbocycles. The summed E-state index contributed by atoms with van der Waals surface area (Å²) >= 11 is 0. The van der Waals surface area contributed by atoms with Gasteiger partial charge >= 0.3 is 0 Å². The van der Waals surface area contributed by atoms with Crippen molar-refractivity contribution in [3.05, 3.63) is 35.7 Å². The highest BCUT2D eigenvalue weighted by Gasteiger charge is 2.25. The van der Waals surface area contributed by atoms with Crippen LogP contribution in [0.3, 0.4) is 0 Å². The molecule has 0 saturated heterocycles. The molecular formula is C16H23N3O3. The molecule has 2 aromatic rings. The predicted octanol–water partition coefficient (Wildman–Crippen LogP) is 1.47. The molecule has 0 amide bonds.